The van der Waals surface area contributed by atoms with Crippen molar-refractivity contribution in [2.45, 2.75) is 25.4 Å². The number of carbonyl (C=O) groups is 1. The minimum absolute atomic E-state index is 0.133. The average molecular weight is 456 g/mol. The number of amides is 1. The van der Waals surface area contributed by atoms with E-state index < -0.39 is 0 Å². The van der Waals surface area contributed by atoms with Crippen molar-refractivity contribution < 1.29 is 14.3 Å². The third-order valence-electron chi connectivity index (χ3n) is 6.49. The van der Waals surface area contributed by atoms with E-state index in [1.54, 1.807) is 16.9 Å². The number of rotatable bonds is 5. The summed E-state index contributed by atoms with van der Waals surface area (Å²) in [5, 5.41) is 7.67. The molecule has 34 heavy (non-hydrogen) atoms. The van der Waals surface area contributed by atoms with Gasteiger partial charge in [0.05, 0.1) is 11.9 Å². The van der Waals surface area contributed by atoms with Crippen LogP contribution in [0, 0.1) is 0 Å². The van der Waals surface area contributed by atoms with Crippen molar-refractivity contribution in [3.05, 3.63) is 78.1 Å². The molecule has 4 aromatic rings. The zero-order chi connectivity index (χ0) is 22.9. The Morgan fingerprint density at radius 1 is 1.03 bits per heavy atom. The molecule has 0 spiro atoms. The number of benzene rings is 2. The molecule has 8 heteroatoms. The molecule has 0 radical (unpaired) electrons. The summed E-state index contributed by atoms with van der Waals surface area (Å²) in [6.45, 7) is 3.09. The summed E-state index contributed by atoms with van der Waals surface area (Å²) < 4.78 is 12.6. The zero-order valence-corrected chi connectivity index (χ0v) is 18.7. The Kier molecular flexibility index (Phi) is 5.35. The van der Waals surface area contributed by atoms with Crippen LogP contribution < -0.4 is 14.8 Å². The lowest BCUT2D eigenvalue weighted by atomic mass is 10.0. The van der Waals surface area contributed by atoms with Crippen LogP contribution in [0.1, 0.15) is 28.8 Å². The highest BCUT2D eigenvalue weighted by Gasteiger charge is 2.24. The average Bonchev–Trinajstić information content (AvgIpc) is 3.52. The lowest BCUT2D eigenvalue weighted by Gasteiger charge is -2.32. The summed E-state index contributed by atoms with van der Waals surface area (Å²) >= 11 is 0. The van der Waals surface area contributed by atoms with Gasteiger partial charge in [0.1, 0.15) is 5.56 Å². The maximum absolute atomic E-state index is 13.1. The highest BCUT2D eigenvalue weighted by Crippen LogP contribution is 2.35. The molecule has 1 amide bonds. The summed E-state index contributed by atoms with van der Waals surface area (Å²) in [4.78, 5) is 20.0. The maximum atomic E-state index is 13.1. The molecule has 2 aromatic heterocycles. The Bertz CT molecular complexity index is 1330. The van der Waals surface area contributed by atoms with E-state index in [-0.39, 0.29) is 18.7 Å². The van der Waals surface area contributed by atoms with Gasteiger partial charge in [0.2, 0.25) is 6.79 Å². The molecule has 1 N–H and O–H groups in total. The first kappa shape index (κ1) is 20.7. The van der Waals surface area contributed by atoms with Crippen molar-refractivity contribution in [1.29, 1.82) is 0 Å². The second kappa shape index (κ2) is 8.79. The van der Waals surface area contributed by atoms with Crippen LogP contribution in [-0.4, -0.2) is 51.3 Å². The fourth-order valence-electron chi connectivity index (χ4n) is 4.67. The molecule has 2 aliphatic heterocycles. The number of nitrogens with zero attached hydrogens (tertiary/aromatic N) is 4. The molecule has 0 saturated carbocycles. The molecule has 6 rings (SSSR count). The van der Waals surface area contributed by atoms with Crippen molar-refractivity contribution in [2.75, 3.05) is 19.9 Å². The number of likely N-dealkylation sites (tertiary alicyclic amines) is 1. The monoisotopic (exact) mass is 455 g/mol. The number of hydrogen-bond acceptors (Lipinski definition) is 6. The molecule has 4 heterocycles. The smallest absolute Gasteiger partial charge is 0.256 e. The molecular weight excluding hydrogens is 430 g/mol. The molecule has 0 bridgehead atoms. The first-order valence-corrected chi connectivity index (χ1v) is 11.5. The second-order valence-electron chi connectivity index (χ2n) is 8.70. The number of hydrogen-bond donors (Lipinski definition) is 1. The van der Waals surface area contributed by atoms with Gasteiger partial charge in [0, 0.05) is 37.4 Å². The van der Waals surface area contributed by atoms with Crippen LogP contribution in [0.2, 0.25) is 0 Å². The van der Waals surface area contributed by atoms with E-state index in [4.69, 9.17) is 9.47 Å². The molecule has 2 aliphatic rings. The van der Waals surface area contributed by atoms with Crippen molar-refractivity contribution in [3.8, 4) is 22.8 Å². The van der Waals surface area contributed by atoms with Gasteiger partial charge in [-0.05, 0) is 42.7 Å². The van der Waals surface area contributed by atoms with Crippen LogP contribution in [0.25, 0.3) is 16.9 Å². The number of aromatic nitrogens is 3. The molecule has 2 aromatic carbocycles. The van der Waals surface area contributed by atoms with Crippen molar-refractivity contribution in [3.63, 3.8) is 0 Å². The van der Waals surface area contributed by atoms with Gasteiger partial charge in [-0.15, -0.1) is 0 Å². The number of nitrogens with one attached hydrogen (secondary N) is 1. The lowest BCUT2D eigenvalue weighted by molar-refractivity contribution is 0.0910. The molecule has 0 atom stereocenters. The molecular formula is C26H25N5O3. The van der Waals surface area contributed by atoms with Crippen LogP contribution in [0.3, 0.4) is 0 Å². The van der Waals surface area contributed by atoms with Crippen LogP contribution in [0.4, 0.5) is 0 Å². The van der Waals surface area contributed by atoms with E-state index in [1.807, 2.05) is 30.3 Å². The molecule has 172 valence electrons. The molecule has 1 fully saturated rings. The Hall–Kier alpha value is -3.91. The quantitative estimate of drug-likeness (QED) is 0.496. The summed E-state index contributed by atoms with van der Waals surface area (Å²) in [6.07, 6.45) is 5.15. The molecule has 0 unspecified atom stereocenters. The van der Waals surface area contributed by atoms with Gasteiger partial charge < -0.3 is 14.8 Å². The highest BCUT2D eigenvalue weighted by atomic mass is 16.7. The Morgan fingerprint density at radius 3 is 2.71 bits per heavy atom. The number of carbonyl (C=O) groups excluding carboxylic acids is 1. The van der Waals surface area contributed by atoms with Gasteiger partial charge in [0.25, 0.3) is 5.91 Å². The third-order valence-corrected chi connectivity index (χ3v) is 6.49. The van der Waals surface area contributed by atoms with Gasteiger partial charge in [-0.1, -0.05) is 30.3 Å². The van der Waals surface area contributed by atoms with E-state index in [1.165, 1.54) is 5.56 Å². The lowest BCUT2D eigenvalue weighted by Crippen LogP contribution is -2.44. The van der Waals surface area contributed by atoms with Crippen LogP contribution >= 0.6 is 0 Å². The number of piperidine rings is 1. The molecule has 8 nitrogen and oxygen atoms in total. The maximum Gasteiger partial charge on any atom is 0.256 e. The third kappa shape index (κ3) is 3.97. The first-order valence-electron chi connectivity index (χ1n) is 11.5. The normalized spacial score (nSPS) is 16.1. The predicted molar refractivity (Wildman–Crippen MR) is 127 cm³/mol. The summed E-state index contributed by atoms with van der Waals surface area (Å²) in [5.41, 5.74) is 4.08. The standard InChI is InChI=1S/C26H25N5O3/c32-26(29-20-9-12-30(13-10-20)16-18-4-2-1-3-5-18)21-15-28-31-22(8-11-27-25(21)31)19-6-7-23-24(14-19)34-17-33-23/h1-8,11,14-15,20H,9-10,12-13,16-17H2,(H,29,32). The van der Waals surface area contributed by atoms with Crippen molar-refractivity contribution in [1.82, 2.24) is 24.8 Å². The fraction of sp³-hybridized carbons (Fsp3) is 0.269. The van der Waals surface area contributed by atoms with Gasteiger partial charge >= 0.3 is 0 Å². The van der Waals surface area contributed by atoms with E-state index in [0.29, 0.717) is 17.0 Å². The zero-order valence-electron chi connectivity index (χ0n) is 18.7. The topological polar surface area (TPSA) is 81.0 Å². The number of fused-ring (bicyclic) bond motifs is 2. The second-order valence-corrected chi connectivity index (χ2v) is 8.70. The van der Waals surface area contributed by atoms with Gasteiger partial charge in [0.15, 0.2) is 17.1 Å². The largest absolute Gasteiger partial charge is 0.454 e. The van der Waals surface area contributed by atoms with Gasteiger partial charge in [-0.25, -0.2) is 9.50 Å². The van der Waals surface area contributed by atoms with Gasteiger partial charge in [-0.2, -0.15) is 5.10 Å². The van der Waals surface area contributed by atoms with Crippen LogP contribution in [-0.2, 0) is 6.54 Å². The summed E-state index contributed by atoms with van der Waals surface area (Å²) in [5.74, 6) is 1.29. The van der Waals surface area contributed by atoms with E-state index in [2.05, 4.69) is 44.6 Å². The fourth-order valence-corrected chi connectivity index (χ4v) is 4.67. The molecule has 1 saturated heterocycles. The SMILES string of the molecule is O=C(NC1CCN(Cc2ccccc2)CC1)c1cnn2c(-c3ccc4c(c3)OCO4)ccnc12. The minimum atomic E-state index is -0.133. The van der Waals surface area contributed by atoms with E-state index >= 15 is 0 Å². The van der Waals surface area contributed by atoms with E-state index in [0.717, 1.165) is 49.5 Å². The minimum Gasteiger partial charge on any atom is -0.454 e. The van der Waals surface area contributed by atoms with Gasteiger partial charge in [-0.3, -0.25) is 9.69 Å². The highest BCUT2D eigenvalue weighted by molar-refractivity contribution is 6.00. The first-order chi connectivity index (χ1) is 16.7. The Balaban J connectivity index is 1.15. The van der Waals surface area contributed by atoms with E-state index in [9.17, 15) is 4.79 Å². The Morgan fingerprint density at radius 2 is 1.85 bits per heavy atom. The summed E-state index contributed by atoms with van der Waals surface area (Å²) in [6, 6.07) is 18.3. The van der Waals surface area contributed by atoms with Crippen molar-refractivity contribution >= 4 is 11.6 Å². The number of ether oxygens (including phenoxy) is 2. The van der Waals surface area contributed by atoms with Crippen LogP contribution in [0.5, 0.6) is 11.5 Å². The molecule has 0 aliphatic carbocycles. The predicted octanol–water partition coefficient (Wildman–Crippen LogP) is 3.52. The van der Waals surface area contributed by atoms with Crippen molar-refractivity contribution in [2.24, 2.45) is 0 Å². The summed E-state index contributed by atoms with van der Waals surface area (Å²) in [7, 11) is 0. The van der Waals surface area contributed by atoms with Crippen LogP contribution in [0.15, 0.2) is 67.0 Å². The Labute approximate surface area is 197 Å².